The zero-order valence-electron chi connectivity index (χ0n) is 12.6. The van der Waals surface area contributed by atoms with E-state index in [0.29, 0.717) is 17.2 Å². The van der Waals surface area contributed by atoms with Gasteiger partial charge in [0.1, 0.15) is 10.2 Å². The van der Waals surface area contributed by atoms with Crippen molar-refractivity contribution in [3.8, 4) is 0 Å². The number of rotatable bonds is 4. The van der Waals surface area contributed by atoms with Gasteiger partial charge >= 0.3 is 5.63 Å². The Morgan fingerprint density at radius 2 is 2.00 bits per heavy atom. The van der Waals surface area contributed by atoms with E-state index < -0.39 is 0 Å². The van der Waals surface area contributed by atoms with Gasteiger partial charge in [-0.25, -0.2) is 9.78 Å². The Bertz CT molecular complexity index is 860. The molecule has 2 aromatic heterocycles. The molecule has 0 atom stereocenters. The molecule has 0 unspecified atom stereocenters. The van der Waals surface area contributed by atoms with E-state index >= 15 is 0 Å². The molecular formula is C18H17NO2S. The molecule has 0 fully saturated rings. The maximum absolute atomic E-state index is 12.2. The zero-order chi connectivity index (χ0) is 15.5. The van der Waals surface area contributed by atoms with E-state index in [1.54, 1.807) is 6.08 Å². The summed E-state index contributed by atoms with van der Waals surface area (Å²) >= 11 is 1.50. The molecule has 0 spiro atoms. The summed E-state index contributed by atoms with van der Waals surface area (Å²) in [6.45, 7) is 4.27. The number of nitrogens with zero attached hydrogens (tertiary/aromatic N) is 1. The molecule has 3 rings (SSSR count). The van der Waals surface area contributed by atoms with Crippen LogP contribution in [0.15, 0.2) is 44.9 Å². The average molecular weight is 311 g/mol. The zero-order valence-corrected chi connectivity index (χ0v) is 13.4. The summed E-state index contributed by atoms with van der Waals surface area (Å²) in [5, 5.41) is 2.65. The number of thiophene rings is 1. The van der Waals surface area contributed by atoms with Gasteiger partial charge in [0.25, 0.3) is 0 Å². The Kier molecular flexibility index (Phi) is 4.20. The van der Waals surface area contributed by atoms with Crippen LogP contribution in [-0.2, 0) is 6.42 Å². The van der Waals surface area contributed by atoms with E-state index in [2.05, 4.69) is 18.8 Å². The first-order valence-corrected chi connectivity index (χ1v) is 8.16. The Hall–Kier alpha value is -2.20. The normalized spacial score (nSPS) is 11.8. The molecule has 22 heavy (non-hydrogen) atoms. The van der Waals surface area contributed by atoms with Crippen LogP contribution in [0, 0.1) is 5.92 Å². The van der Waals surface area contributed by atoms with Crippen LogP contribution in [0.5, 0.6) is 0 Å². The second-order valence-corrected chi connectivity index (χ2v) is 6.48. The van der Waals surface area contributed by atoms with Crippen molar-refractivity contribution in [2.75, 3.05) is 0 Å². The molecule has 0 aliphatic rings. The molecule has 1 aromatic carbocycles. The second-order valence-electron chi connectivity index (χ2n) is 5.62. The minimum absolute atomic E-state index is 0.297. The van der Waals surface area contributed by atoms with Gasteiger partial charge in [-0.05, 0) is 34.9 Å². The molecule has 0 N–H and O–H groups in total. The van der Waals surface area contributed by atoms with E-state index in [1.807, 2.05) is 41.8 Å². The lowest BCUT2D eigenvalue weighted by molar-refractivity contribution is 0.490. The third-order valence-electron chi connectivity index (χ3n) is 3.31. The third kappa shape index (κ3) is 3.17. The van der Waals surface area contributed by atoms with Crippen LogP contribution in [0.2, 0.25) is 0 Å². The van der Waals surface area contributed by atoms with E-state index in [4.69, 9.17) is 4.42 Å². The fourth-order valence-electron chi connectivity index (χ4n) is 2.34. The van der Waals surface area contributed by atoms with Crippen LogP contribution >= 0.6 is 11.3 Å². The predicted molar refractivity (Wildman–Crippen MR) is 92.1 cm³/mol. The van der Waals surface area contributed by atoms with Gasteiger partial charge in [0.15, 0.2) is 0 Å². The number of benzene rings is 1. The molecule has 4 heteroatoms. The van der Waals surface area contributed by atoms with Gasteiger partial charge in [0.05, 0.1) is 0 Å². The minimum Gasteiger partial charge on any atom is -0.404 e. The van der Waals surface area contributed by atoms with Gasteiger partial charge in [-0.2, -0.15) is 0 Å². The van der Waals surface area contributed by atoms with Gasteiger partial charge < -0.3 is 4.42 Å². The summed E-state index contributed by atoms with van der Waals surface area (Å²) in [5.74, 6) is 0.842. The molecule has 0 bridgehead atoms. The van der Waals surface area contributed by atoms with Gasteiger partial charge in [-0.1, -0.05) is 44.2 Å². The Morgan fingerprint density at radius 1 is 1.23 bits per heavy atom. The van der Waals surface area contributed by atoms with Crippen molar-refractivity contribution < 1.29 is 4.42 Å². The number of hydrogen-bond donors (Lipinski definition) is 0. The fraction of sp³-hybridized carbons (Fsp3) is 0.222. The van der Waals surface area contributed by atoms with Gasteiger partial charge in [-0.15, -0.1) is 11.3 Å². The smallest absolute Gasteiger partial charge is 0.348 e. The topological polar surface area (TPSA) is 43.1 Å². The summed E-state index contributed by atoms with van der Waals surface area (Å²) in [6.07, 6.45) is 4.49. The second kappa shape index (κ2) is 6.28. The molecular weight excluding hydrogens is 294 g/mol. The van der Waals surface area contributed by atoms with Gasteiger partial charge in [-0.3, -0.25) is 0 Å². The molecule has 0 aliphatic carbocycles. The maximum Gasteiger partial charge on any atom is 0.348 e. The molecule has 0 amide bonds. The van der Waals surface area contributed by atoms with Gasteiger partial charge in [0.2, 0.25) is 5.89 Å². The Balaban J connectivity index is 1.97. The van der Waals surface area contributed by atoms with Crippen molar-refractivity contribution in [2.24, 2.45) is 5.92 Å². The molecule has 0 saturated heterocycles. The summed E-state index contributed by atoms with van der Waals surface area (Å²) < 4.78 is 5.35. The maximum atomic E-state index is 12.2. The lowest BCUT2D eigenvalue weighted by Gasteiger charge is -2.01. The SMILES string of the molecule is CC(C)Cc1csc2nc(/C=C/c3ccccc3)oc(=O)c12. The number of fused-ring (bicyclic) bond motifs is 1. The fourth-order valence-corrected chi connectivity index (χ4v) is 3.29. The molecule has 3 nitrogen and oxygen atoms in total. The highest BCUT2D eigenvalue weighted by molar-refractivity contribution is 7.16. The first-order valence-electron chi connectivity index (χ1n) is 7.28. The molecule has 0 aliphatic heterocycles. The quantitative estimate of drug-likeness (QED) is 0.706. The van der Waals surface area contributed by atoms with E-state index in [1.165, 1.54) is 11.3 Å². The standard InChI is InChI=1S/C18H17NO2S/c1-12(2)10-14-11-22-17-16(14)18(20)21-15(19-17)9-8-13-6-4-3-5-7-13/h3-9,11-12H,10H2,1-2H3/b9-8+. The monoisotopic (exact) mass is 311 g/mol. The van der Waals surface area contributed by atoms with Crippen molar-refractivity contribution in [2.45, 2.75) is 20.3 Å². The number of hydrogen-bond acceptors (Lipinski definition) is 4. The summed E-state index contributed by atoms with van der Waals surface area (Å²) in [6, 6.07) is 9.86. The molecule has 3 aromatic rings. The molecule has 0 saturated carbocycles. The van der Waals surface area contributed by atoms with Crippen molar-refractivity contribution >= 4 is 33.7 Å². The van der Waals surface area contributed by atoms with Crippen molar-refractivity contribution in [3.63, 3.8) is 0 Å². The third-order valence-corrected chi connectivity index (χ3v) is 4.23. The average Bonchev–Trinajstić information content (AvgIpc) is 2.89. The largest absolute Gasteiger partial charge is 0.404 e. The van der Waals surface area contributed by atoms with Crippen LogP contribution < -0.4 is 5.63 Å². The van der Waals surface area contributed by atoms with E-state index in [9.17, 15) is 4.79 Å². The van der Waals surface area contributed by atoms with E-state index in [0.717, 1.165) is 22.4 Å². The lowest BCUT2D eigenvalue weighted by atomic mass is 10.0. The number of aromatic nitrogens is 1. The predicted octanol–water partition coefficient (Wildman–Crippen LogP) is 4.62. The summed E-state index contributed by atoms with van der Waals surface area (Å²) in [4.78, 5) is 17.4. The Morgan fingerprint density at radius 3 is 2.73 bits per heavy atom. The molecule has 2 heterocycles. The molecule has 0 radical (unpaired) electrons. The van der Waals surface area contributed by atoms with Crippen LogP contribution in [0.3, 0.4) is 0 Å². The highest BCUT2D eigenvalue weighted by atomic mass is 32.1. The lowest BCUT2D eigenvalue weighted by Crippen LogP contribution is -2.04. The highest BCUT2D eigenvalue weighted by Gasteiger charge is 2.13. The Labute approximate surface area is 132 Å². The van der Waals surface area contributed by atoms with Crippen molar-refractivity contribution in [1.82, 2.24) is 4.98 Å². The summed E-state index contributed by atoms with van der Waals surface area (Å²) in [5.41, 5.74) is 1.78. The highest BCUT2D eigenvalue weighted by Crippen LogP contribution is 2.24. The van der Waals surface area contributed by atoms with Crippen LogP contribution in [0.4, 0.5) is 0 Å². The van der Waals surface area contributed by atoms with Crippen molar-refractivity contribution in [1.29, 1.82) is 0 Å². The van der Waals surface area contributed by atoms with Crippen LogP contribution in [-0.4, -0.2) is 4.98 Å². The first-order chi connectivity index (χ1) is 10.6. The van der Waals surface area contributed by atoms with Crippen LogP contribution in [0.25, 0.3) is 22.4 Å². The first kappa shape index (κ1) is 14.7. The van der Waals surface area contributed by atoms with Gasteiger partial charge in [0, 0.05) is 6.08 Å². The summed E-state index contributed by atoms with van der Waals surface area (Å²) in [7, 11) is 0. The van der Waals surface area contributed by atoms with Crippen LogP contribution in [0.1, 0.15) is 30.9 Å². The molecule has 112 valence electrons. The van der Waals surface area contributed by atoms with E-state index in [-0.39, 0.29) is 5.63 Å². The minimum atomic E-state index is -0.297. The van der Waals surface area contributed by atoms with Crippen molar-refractivity contribution in [3.05, 3.63) is 63.1 Å².